The maximum atomic E-state index is 13.2. The second kappa shape index (κ2) is 6.77. The third kappa shape index (κ3) is 3.13. The van der Waals surface area contributed by atoms with Crippen LogP contribution < -0.4 is 5.56 Å². The van der Waals surface area contributed by atoms with Crippen LogP contribution in [0.25, 0.3) is 16.8 Å². The number of hydrogen-bond donors (Lipinski definition) is 1. The lowest BCUT2D eigenvalue weighted by Crippen LogP contribution is -2.22. The van der Waals surface area contributed by atoms with E-state index >= 15 is 0 Å². The zero-order valence-electron chi connectivity index (χ0n) is 14.1. The van der Waals surface area contributed by atoms with Gasteiger partial charge >= 0.3 is 0 Å². The molecule has 136 valence electrons. The van der Waals surface area contributed by atoms with Crippen molar-refractivity contribution >= 4 is 5.52 Å². The van der Waals surface area contributed by atoms with E-state index in [2.05, 4.69) is 5.10 Å². The van der Waals surface area contributed by atoms with Gasteiger partial charge in [0.05, 0.1) is 18.8 Å². The van der Waals surface area contributed by atoms with Gasteiger partial charge in [0.2, 0.25) is 0 Å². The molecule has 0 radical (unpaired) electrons. The number of aromatic nitrogens is 3. The van der Waals surface area contributed by atoms with E-state index in [0.29, 0.717) is 16.8 Å². The minimum atomic E-state index is -0.383. The average molecular weight is 367 g/mol. The predicted octanol–water partition coefficient (Wildman–Crippen LogP) is 2.98. The van der Waals surface area contributed by atoms with E-state index in [1.54, 1.807) is 36.7 Å². The highest BCUT2D eigenvalue weighted by atomic mass is 19.1. The highest BCUT2D eigenvalue weighted by Crippen LogP contribution is 2.25. The van der Waals surface area contributed by atoms with Gasteiger partial charge in [-0.15, -0.1) is 0 Å². The lowest BCUT2D eigenvalue weighted by atomic mass is 10.1. The Balaban J connectivity index is 1.83. The van der Waals surface area contributed by atoms with Crippen LogP contribution in [0.5, 0.6) is 0 Å². The quantitative estimate of drug-likeness (QED) is 0.603. The second-order valence-corrected chi connectivity index (χ2v) is 6.14. The predicted molar refractivity (Wildman–Crippen MR) is 96.3 cm³/mol. The molecule has 2 aromatic carbocycles. The normalized spacial score (nSPS) is 11.2. The molecule has 0 spiro atoms. The van der Waals surface area contributed by atoms with Crippen LogP contribution in [0.15, 0.2) is 65.7 Å². The van der Waals surface area contributed by atoms with Gasteiger partial charge in [-0.25, -0.2) is 13.3 Å². The van der Waals surface area contributed by atoms with Gasteiger partial charge in [0, 0.05) is 23.5 Å². The zero-order valence-corrected chi connectivity index (χ0v) is 14.1. The largest absolute Gasteiger partial charge is 0.392 e. The van der Waals surface area contributed by atoms with Crippen molar-refractivity contribution in [1.82, 2.24) is 14.2 Å². The Kier molecular flexibility index (Phi) is 4.29. The fourth-order valence-corrected chi connectivity index (χ4v) is 3.05. The Bertz CT molecular complexity index is 1160. The third-order valence-corrected chi connectivity index (χ3v) is 4.40. The number of nitrogens with zero attached hydrogens (tertiary/aromatic N) is 3. The number of aliphatic hydroxyl groups is 1. The Morgan fingerprint density at radius 3 is 2.19 bits per heavy atom. The molecule has 4 aromatic rings. The molecule has 0 unspecified atom stereocenters. The van der Waals surface area contributed by atoms with Crippen molar-refractivity contribution in [3.8, 4) is 11.3 Å². The Labute approximate surface area is 152 Å². The van der Waals surface area contributed by atoms with Gasteiger partial charge in [-0.2, -0.15) is 5.10 Å². The lowest BCUT2D eigenvalue weighted by Gasteiger charge is -2.07. The molecule has 0 saturated heterocycles. The number of benzene rings is 2. The molecule has 0 saturated carbocycles. The molecule has 4 rings (SSSR count). The highest BCUT2D eigenvalue weighted by molar-refractivity contribution is 5.72. The number of rotatable bonds is 4. The van der Waals surface area contributed by atoms with E-state index in [0.717, 1.165) is 5.56 Å². The van der Waals surface area contributed by atoms with Crippen LogP contribution in [0.1, 0.15) is 11.1 Å². The minimum Gasteiger partial charge on any atom is -0.392 e. The maximum Gasteiger partial charge on any atom is 0.277 e. The molecule has 0 aliphatic rings. The summed E-state index contributed by atoms with van der Waals surface area (Å²) in [5, 5.41) is 14.2. The molecule has 7 heteroatoms. The van der Waals surface area contributed by atoms with Gasteiger partial charge in [-0.05, 0) is 42.0 Å². The van der Waals surface area contributed by atoms with Gasteiger partial charge in [0.1, 0.15) is 17.2 Å². The van der Waals surface area contributed by atoms with Crippen molar-refractivity contribution in [3.05, 3.63) is 94.0 Å². The van der Waals surface area contributed by atoms with E-state index in [1.807, 2.05) is 0 Å². The maximum absolute atomic E-state index is 13.2. The number of hydrogen-bond acceptors (Lipinski definition) is 3. The van der Waals surface area contributed by atoms with Gasteiger partial charge in [0.25, 0.3) is 5.56 Å². The smallest absolute Gasteiger partial charge is 0.277 e. The number of halogens is 2. The number of aliphatic hydroxyl groups excluding tert-OH is 1. The van der Waals surface area contributed by atoms with Crippen molar-refractivity contribution in [3.63, 3.8) is 0 Å². The Hall–Kier alpha value is -3.32. The molecular formula is C20H15F2N3O2. The van der Waals surface area contributed by atoms with Crippen LogP contribution in [0.2, 0.25) is 0 Å². The average Bonchev–Trinajstić information content (AvgIpc) is 3.06. The topological polar surface area (TPSA) is 59.5 Å². The summed E-state index contributed by atoms with van der Waals surface area (Å²) in [6.45, 7) is -0.121. The zero-order chi connectivity index (χ0) is 19.0. The molecule has 5 nitrogen and oxygen atoms in total. The molecule has 0 aliphatic heterocycles. The van der Waals surface area contributed by atoms with Crippen LogP contribution in [-0.2, 0) is 13.2 Å². The standard InChI is InChI=1S/C20H15F2N3O2/c21-15-5-1-13(2-6-15)11-24-9-10-25-19(20(24)27)17(12-26)18(23-25)14-3-7-16(22)8-4-14/h1-10,26H,11-12H2. The summed E-state index contributed by atoms with van der Waals surface area (Å²) in [4.78, 5) is 12.9. The SMILES string of the molecule is O=c1c2c(CO)c(-c3ccc(F)cc3)nn2ccn1Cc1ccc(F)cc1. The molecule has 2 aromatic heterocycles. The molecule has 0 atom stereocenters. The van der Waals surface area contributed by atoms with Gasteiger partial charge < -0.3 is 9.67 Å². The van der Waals surface area contributed by atoms with Crippen molar-refractivity contribution < 1.29 is 13.9 Å². The minimum absolute atomic E-state index is 0.251. The fourth-order valence-electron chi connectivity index (χ4n) is 3.05. The molecular weight excluding hydrogens is 352 g/mol. The molecule has 27 heavy (non-hydrogen) atoms. The molecule has 0 fully saturated rings. The first-order valence-electron chi connectivity index (χ1n) is 8.28. The molecule has 0 aliphatic carbocycles. The van der Waals surface area contributed by atoms with E-state index in [9.17, 15) is 18.7 Å². The van der Waals surface area contributed by atoms with Crippen LogP contribution in [0.3, 0.4) is 0 Å². The summed E-state index contributed by atoms with van der Waals surface area (Å²) in [5.74, 6) is -0.724. The van der Waals surface area contributed by atoms with Gasteiger partial charge in [-0.3, -0.25) is 4.79 Å². The van der Waals surface area contributed by atoms with Crippen LogP contribution >= 0.6 is 0 Å². The Morgan fingerprint density at radius 2 is 1.56 bits per heavy atom. The van der Waals surface area contributed by atoms with Crippen molar-refractivity contribution in [2.75, 3.05) is 0 Å². The van der Waals surface area contributed by atoms with Crippen molar-refractivity contribution in [2.45, 2.75) is 13.2 Å². The van der Waals surface area contributed by atoms with Gasteiger partial charge in [0.15, 0.2) is 0 Å². The lowest BCUT2D eigenvalue weighted by molar-refractivity contribution is 0.283. The summed E-state index contributed by atoms with van der Waals surface area (Å²) < 4.78 is 29.1. The molecule has 0 bridgehead atoms. The molecule has 2 heterocycles. The molecule has 1 N–H and O–H groups in total. The monoisotopic (exact) mass is 367 g/mol. The highest BCUT2D eigenvalue weighted by Gasteiger charge is 2.17. The summed E-state index contributed by atoms with van der Waals surface area (Å²) in [6.07, 6.45) is 3.20. The summed E-state index contributed by atoms with van der Waals surface area (Å²) in [5.41, 5.74) is 2.10. The summed E-state index contributed by atoms with van der Waals surface area (Å²) in [7, 11) is 0. The fraction of sp³-hybridized carbons (Fsp3) is 0.100. The number of fused-ring (bicyclic) bond motifs is 1. The second-order valence-electron chi connectivity index (χ2n) is 6.14. The third-order valence-electron chi connectivity index (χ3n) is 4.40. The first-order chi connectivity index (χ1) is 13.1. The van der Waals surface area contributed by atoms with E-state index < -0.39 is 0 Å². The first kappa shape index (κ1) is 17.1. The van der Waals surface area contributed by atoms with E-state index in [4.69, 9.17) is 0 Å². The first-order valence-corrected chi connectivity index (χ1v) is 8.28. The van der Waals surface area contributed by atoms with Crippen LogP contribution in [-0.4, -0.2) is 19.3 Å². The van der Waals surface area contributed by atoms with Crippen LogP contribution in [0, 0.1) is 11.6 Å². The van der Waals surface area contributed by atoms with Crippen molar-refractivity contribution in [2.24, 2.45) is 0 Å². The summed E-state index contributed by atoms with van der Waals surface area (Å²) >= 11 is 0. The summed E-state index contributed by atoms with van der Waals surface area (Å²) in [6, 6.07) is 11.6. The molecule has 0 amide bonds. The van der Waals surface area contributed by atoms with Crippen molar-refractivity contribution in [1.29, 1.82) is 0 Å². The Morgan fingerprint density at radius 1 is 0.926 bits per heavy atom. The van der Waals surface area contributed by atoms with Gasteiger partial charge in [-0.1, -0.05) is 12.1 Å². The van der Waals surface area contributed by atoms with Crippen LogP contribution in [0.4, 0.5) is 8.78 Å². The van der Waals surface area contributed by atoms with E-state index in [1.165, 1.54) is 33.3 Å². The van der Waals surface area contributed by atoms with E-state index in [-0.39, 0.29) is 35.9 Å².